The summed E-state index contributed by atoms with van der Waals surface area (Å²) in [6, 6.07) is 7.64. The van der Waals surface area contributed by atoms with Crippen molar-refractivity contribution in [2.75, 3.05) is 6.61 Å². The van der Waals surface area contributed by atoms with Crippen LogP contribution in [0.3, 0.4) is 0 Å². The zero-order chi connectivity index (χ0) is 14.3. The van der Waals surface area contributed by atoms with Crippen molar-refractivity contribution in [2.45, 2.75) is 31.7 Å². The lowest BCUT2D eigenvalue weighted by atomic mass is 9.95. The maximum atomic E-state index is 11.9. The Hall–Kier alpha value is -0.700. The molecule has 2 saturated heterocycles. The number of hydrogen-bond acceptors (Lipinski definition) is 5. The van der Waals surface area contributed by atoms with Gasteiger partial charge >= 0.3 is 5.97 Å². The number of ether oxygens (including phenoxy) is 1. The van der Waals surface area contributed by atoms with Gasteiger partial charge in [-0.05, 0) is 47.2 Å². The molecule has 4 atom stereocenters. The van der Waals surface area contributed by atoms with E-state index in [1.54, 1.807) is 12.0 Å². The summed E-state index contributed by atoms with van der Waals surface area (Å²) in [6.07, 6.45) is -1.01. The van der Waals surface area contributed by atoms with Gasteiger partial charge in [0.15, 0.2) is 0 Å². The van der Waals surface area contributed by atoms with E-state index in [9.17, 15) is 9.90 Å². The first-order chi connectivity index (χ1) is 9.56. The summed E-state index contributed by atoms with van der Waals surface area (Å²) in [5, 5.41) is 11.4. The van der Waals surface area contributed by atoms with E-state index in [0.717, 1.165) is 9.13 Å². The zero-order valence-electron chi connectivity index (χ0n) is 11.0. The van der Waals surface area contributed by atoms with Crippen LogP contribution in [0.2, 0.25) is 0 Å². The lowest BCUT2D eigenvalue weighted by Crippen LogP contribution is -2.35. The smallest absolute Gasteiger partial charge is 0.326 e. The van der Waals surface area contributed by atoms with Crippen LogP contribution in [0.1, 0.15) is 12.5 Å². The molecule has 108 valence electrons. The van der Waals surface area contributed by atoms with Crippen LogP contribution in [0.5, 0.6) is 0 Å². The van der Waals surface area contributed by atoms with Crippen molar-refractivity contribution >= 4 is 28.6 Å². The number of carbonyl (C=O) groups excluding carboxylic acids is 1. The largest absolute Gasteiger partial charge is 0.464 e. The van der Waals surface area contributed by atoms with E-state index in [2.05, 4.69) is 22.6 Å². The molecule has 2 aliphatic rings. The second-order valence-electron chi connectivity index (χ2n) is 5.25. The molecule has 1 aromatic rings. The Morgan fingerprint density at radius 1 is 1.45 bits per heavy atom. The van der Waals surface area contributed by atoms with Gasteiger partial charge in [0.2, 0.25) is 0 Å². The molecule has 1 N–H and O–H groups in total. The molecular formula is C14H16INO4. The van der Waals surface area contributed by atoms with E-state index in [4.69, 9.17) is 9.57 Å². The SMILES string of the molecule is C[C@H](O)[C@@H]1ON(Cc2ccc(I)cc2)C2C(=O)OC[C@@H]21. The second-order valence-corrected chi connectivity index (χ2v) is 6.50. The maximum Gasteiger partial charge on any atom is 0.326 e. The molecule has 1 aromatic carbocycles. The fourth-order valence-corrected chi connectivity index (χ4v) is 3.15. The predicted molar refractivity (Wildman–Crippen MR) is 79.5 cm³/mol. The van der Waals surface area contributed by atoms with Crippen molar-refractivity contribution in [1.82, 2.24) is 5.06 Å². The number of cyclic esters (lactones) is 1. The van der Waals surface area contributed by atoms with E-state index < -0.39 is 12.1 Å². The van der Waals surface area contributed by atoms with Crippen LogP contribution in [0, 0.1) is 9.49 Å². The van der Waals surface area contributed by atoms with Crippen molar-refractivity contribution in [1.29, 1.82) is 0 Å². The Bertz CT molecular complexity index is 504. The van der Waals surface area contributed by atoms with E-state index in [-0.39, 0.29) is 18.0 Å². The first kappa shape index (κ1) is 14.2. The molecule has 0 aliphatic carbocycles. The lowest BCUT2D eigenvalue weighted by molar-refractivity contribution is -0.202. The molecule has 5 nitrogen and oxygen atoms in total. The minimum absolute atomic E-state index is 0.0913. The third-order valence-corrected chi connectivity index (χ3v) is 4.50. The normalized spacial score (nSPS) is 31.1. The van der Waals surface area contributed by atoms with Crippen molar-refractivity contribution in [3.8, 4) is 0 Å². The average Bonchev–Trinajstić information content (AvgIpc) is 2.95. The van der Waals surface area contributed by atoms with Crippen LogP contribution < -0.4 is 0 Å². The van der Waals surface area contributed by atoms with Gasteiger partial charge in [-0.2, -0.15) is 5.06 Å². The summed E-state index contributed by atoms with van der Waals surface area (Å²) in [5.41, 5.74) is 1.06. The molecule has 2 aliphatic heterocycles. The molecule has 20 heavy (non-hydrogen) atoms. The average molecular weight is 389 g/mol. The van der Waals surface area contributed by atoms with Gasteiger partial charge in [-0.1, -0.05) is 12.1 Å². The highest BCUT2D eigenvalue weighted by molar-refractivity contribution is 14.1. The van der Waals surface area contributed by atoms with Crippen molar-refractivity contribution in [3.63, 3.8) is 0 Å². The Balaban J connectivity index is 1.78. The molecule has 3 rings (SSSR count). The Morgan fingerprint density at radius 2 is 2.15 bits per heavy atom. The Kier molecular flexibility index (Phi) is 3.98. The minimum Gasteiger partial charge on any atom is -0.464 e. The van der Waals surface area contributed by atoms with Crippen LogP contribution in [-0.4, -0.2) is 41.0 Å². The molecule has 6 heteroatoms. The third-order valence-electron chi connectivity index (χ3n) is 3.78. The van der Waals surface area contributed by atoms with E-state index >= 15 is 0 Å². The van der Waals surface area contributed by atoms with E-state index in [1.807, 2.05) is 24.3 Å². The van der Waals surface area contributed by atoms with Crippen LogP contribution in [-0.2, 0) is 20.9 Å². The number of hydroxylamine groups is 2. The number of aliphatic hydroxyl groups excluding tert-OH is 1. The molecule has 0 aromatic heterocycles. The highest BCUT2D eigenvalue weighted by Crippen LogP contribution is 2.36. The molecule has 0 spiro atoms. The van der Waals surface area contributed by atoms with Crippen LogP contribution >= 0.6 is 22.6 Å². The number of carbonyl (C=O) groups is 1. The van der Waals surface area contributed by atoms with Gasteiger partial charge < -0.3 is 9.84 Å². The minimum atomic E-state index is -0.626. The number of halogens is 1. The first-order valence-electron chi connectivity index (χ1n) is 6.59. The summed E-state index contributed by atoms with van der Waals surface area (Å²) in [4.78, 5) is 17.6. The molecular weight excluding hydrogens is 373 g/mol. The fraction of sp³-hybridized carbons (Fsp3) is 0.500. The molecule has 0 saturated carbocycles. The number of fused-ring (bicyclic) bond motifs is 1. The van der Waals surface area contributed by atoms with E-state index in [0.29, 0.717) is 13.2 Å². The highest BCUT2D eigenvalue weighted by atomic mass is 127. The summed E-state index contributed by atoms with van der Waals surface area (Å²) >= 11 is 2.25. The third kappa shape index (κ3) is 2.57. The standard InChI is InChI=1S/C14H16INO4/c1-8(17)13-11-7-19-14(18)12(11)16(20-13)6-9-2-4-10(15)5-3-9/h2-5,8,11-13,17H,6-7H2,1H3/t8-,11-,12?,13-/m0/s1. The number of aliphatic hydroxyl groups is 1. The van der Waals surface area contributed by atoms with Crippen LogP contribution in [0.4, 0.5) is 0 Å². The lowest BCUT2D eigenvalue weighted by Gasteiger charge is -2.21. The van der Waals surface area contributed by atoms with Crippen LogP contribution in [0.25, 0.3) is 0 Å². The number of esters is 1. The van der Waals surface area contributed by atoms with Crippen molar-refractivity contribution in [2.24, 2.45) is 5.92 Å². The maximum absolute atomic E-state index is 11.9. The van der Waals surface area contributed by atoms with Gasteiger partial charge in [0.1, 0.15) is 12.1 Å². The molecule has 1 unspecified atom stereocenters. The Labute approximate surface area is 130 Å². The van der Waals surface area contributed by atoms with Gasteiger partial charge in [-0.25, -0.2) is 0 Å². The van der Waals surface area contributed by atoms with Gasteiger partial charge in [0, 0.05) is 3.57 Å². The van der Waals surface area contributed by atoms with E-state index in [1.165, 1.54) is 0 Å². The van der Waals surface area contributed by atoms with Gasteiger partial charge in [0.25, 0.3) is 0 Å². The molecule has 2 heterocycles. The summed E-state index contributed by atoms with van der Waals surface area (Å²) in [5.74, 6) is -0.352. The Morgan fingerprint density at radius 3 is 2.80 bits per heavy atom. The molecule has 0 bridgehead atoms. The topological polar surface area (TPSA) is 59.0 Å². The predicted octanol–water partition coefficient (Wildman–Crippen LogP) is 1.33. The summed E-state index contributed by atoms with van der Waals surface area (Å²) < 4.78 is 6.28. The quantitative estimate of drug-likeness (QED) is 0.625. The highest BCUT2D eigenvalue weighted by Gasteiger charge is 2.54. The molecule has 2 fully saturated rings. The summed E-state index contributed by atoms with van der Waals surface area (Å²) in [7, 11) is 0. The van der Waals surface area contributed by atoms with Gasteiger partial charge in [-0.15, -0.1) is 0 Å². The van der Waals surface area contributed by atoms with Gasteiger partial charge in [0.05, 0.1) is 25.2 Å². The van der Waals surface area contributed by atoms with Gasteiger partial charge in [-0.3, -0.25) is 9.63 Å². The monoisotopic (exact) mass is 389 g/mol. The number of benzene rings is 1. The van der Waals surface area contributed by atoms with Crippen LogP contribution in [0.15, 0.2) is 24.3 Å². The molecule has 0 amide bonds. The molecule has 0 radical (unpaired) electrons. The zero-order valence-corrected chi connectivity index (χ0v) is 13.2. The second kappa shape index (κ2) is 5.59. The number of rotatable bonds is 3. The fourth-order valence-electron chi connectivity index (χ4n) is 2.79. The summed E-state index contributed by atoms with van der Waals surface area (Å²) in [6.45, 7) is 2.51. The van der Waals surface area contributed by atoms with Crippen molar-refractivity contribution in [3.05, 3.63) is 33.4 Å². The first-order valence-corrected chi connectivity index (χ1v) is 7.66. The number of nitrogens with zero attached hydrogens (tertiary/aromatic N) is 1. The number of hydrogen-bond donors (Lipinski definition) is 1. The van der Waals surface area contributed by atoms with Crippen molar-refractivity contribution < 1.29 is 19.5 Å².